The first-order chi connectivity index (χ1) is 16.8. The lowest BCUT2D eigenvalue weighted by Crippen LogP contribution is -2.28. The summed E-state index contributed by atoms with van der Waals surface area (Å²) in [6.07, 6.45) is 3.72. The highest BCUT2D eigenvalue weighted by atomic mass is 35.5. The van der Waals surface area contributed by atoms with Crippen molar-refractivity contribution in [1.82, 2.24) is 14.1 Å². The third kappa shape index (κ3) is 3.82. The molecule has 2 aromatic heterocycles. The van der Waals surface area contributed by atoms with E-state index in [4.69, 9.17) is 16.3 Å². The fraction of sp³-hybridized carbons (Fsp3) is 0.172. The Hall–Kier alpha value is -3.83. The summed E-state index contributed by atoms with van der Waals surface area (Å²) in [4.78, 5) is 17.3. The van der Waals surface area contributed by atoms with E-state index in [1.807, 2.05) is 66.6 Å². The van der Waals surface area contributed by atoms with Gasteiger partial charge in [0.2, 0.25) is 0 Å². The molecule has 0 spiro atoms. The summed E-state index contributed by atoms with van der Waals surface area (Å²) in [6, 6.07) is 23.8. The SMILES string of the molecule is COc1cccc(-c2cc(=O)n(C)c3ccc([C@](C)(c4ccc(Cl)cc4)c4cncn4C)cc23)c1. The van der Waals surface area contributed by atoms with Crippen molar-refractivity contribution >= 4 is 22.5 Å². The van der Waals surface area contributed by atoms with Crippen LogP contribution in [-0.4, -0.2) is 21.2 Å². The number of pyridine rings is 1. The van der Waals surface area contributed by atoms with Crippen molar-refractivity contribution in [2.24, 2.45) is 14.1 Å². The summed E-state index contributed by atoms with van der Waals surface area (Å²) in [6.45, 7) is 2.20. The van der Waals surface area contributed by atoms with E-state index in [1.165, 1.54) is 0 Å². The monoisotopic (exact) mass is 483 g/mol. The van der Waals surface area contributed by atoms with E-state index >= 15 is 0 Å². The first-order valence-electron chi connectivity index (χ1n) is 11.3. The van der Waals surface area contributed by atoms with Gasteiger partial charge in [-0.05, 0) is 65.6 Å². The minimum atomic E-state index is -0.510. The fourth-order valence-electron chi connectivity index (χ4n) is 4.89. The number of hydrogen-bond donors (Lipinski definition) is 0. The lowest BCUT2D eigenvalue weighted by Gasteiger charge is -2.32. The number of methoxy groups -OCH3 is 1. The zero-order valence-electron chi connectivity index (χ0n) is 20.1. The Bertz CT molecular complexity index is 1600. The number of ether oxygens (including phenoxy) is 1. The summed E-state index contributed by atoms with van der Waals surface area (Å²) in [5.74, 6) is 0.744. The van der Waals surface area contributed by atoms with Crippen LogP contribution in [0, 0.1) is 0 Å². The Morgan fingerprint density at radius 3 is 2.37 bits per heavy atom. The number of aryl methyl sites for hydroxylation is 2. The van der Waals surface area contributed by atoms with Crippen molar-refractivity contribution < 1.29 is 4.74 Å². The van der Waals surface area contributed by atoms with Gasteiger partial charge in [0.05, 0.1) is 30.1 Å². The van der Waals surface area contributed by atoms with Crippen LogP contribution in [0.2, 0.25) is 5.02 Å². The molecule has 5 rings (SSSR count). The molecule has 3 aromatic carbocycles. The molecular formula is C29H26ClN3O2. The molecule has 176 valence electrons. The van der Waals surface area contributed by atoms with Crippen LogP contribution < -0.4 is 10.3 Å². The van der Waals surface area contributed by atoms with Crippen molar-refractivity contribution in [1.29, 1.82) is 0 Å². The molecule has 5 nitrogen and oxygen atoms in total. The molecule has 0 aliphatic rings. The number of hydrogen-bond acceptors (Lipinski definition) is 3. The Morgan fingerprint density at radius 2 is 1.69 bits per heavy atom. The largest absolute Gasteiger partial charge is 0.497 e. The fourth-order valence-corrected chi connectivity index (χ4v) is 5.01. The van der Waals surface area contributed by atoms with E-state index in [0.29, 0.717) is 5.02 Å². The van der Waals surface area contributed by atoms with Gasteiger partial charge in [0.1, 0.15) is 5.75 Å². The summed E-state index contributed by atoms with van der Waals surface area (Å²) in [5.41, 5.74) is 5.32. The van der Waals surface area contributed by atoms with E-state index in [9.17, 15) is 4.79 Å². The van der Waals surface area contributed by atoms with Gasteiger partial charge in [0.15, 0.2) is 0 Å². The molecule has 0 aliphatic carbocycles. The Labute approximate surface area is 209 Å². The van der Waals surface area contributed by atoms with Gasteiger partial charge in [0, 0.05) is 36.8 Å². The molecule has 0 unspecified atom stereocenters. The highest BCUT2D eigenvalue weighted by Crippen LogP contribution is 2.41. The second-order valence-corrected chi connectivity index (χ2v) is 9.38. The molecule has 5 aromatic rings. The molecule has 0 N–H and O–H groups in total. The van der Waals surface area contributed by atoms with E-state index < -0.39 is 5.41 Å². The van der Waals surface area contributed by atoms with Crippen LogP contribution in [-0.2, 0) is 19.5 Å². The minimum Gasteiger partial charge on any atom is -0.497 e. The van der Waals surface area contributed by atoms with Crippen molar-refractivity contribution in [3.05, 3.63) is 118 Å². The van der Waals surface area contributed by atoms with Crippen LogP contribution in [0.4, 0.5) is 0 Å². The van der Waals surface area contributed by atoms with Crippen molar-refractivity contribution in [2.45, 2.75) is 12.3 Å². The molecule has 2 heterocycles. The second kappa shape index (κ2) is 8.75. The number of aromatic nitrogens is 3. The predicted molar refractivity (Wildman–Crippen MR) is 141 cm³/mol. The minimum absolute atomic E-state index is 0.0600. The van der Waals surface area contributed by atoms with Gasteiger partial charge >= 0.3 is 0 Å². The van der Waals surface area contributed by atoms with E-state index in [2.05, 4.69) is 36.2 Å². The first-order valence-corrected chi connectivity index (χ1v) is 11.7. The molecule has 0 bridgehead atoms. The molecule has 0 saturated heterocycles. The topological polar surface area (TPSA) is 49.1 Å². The molecule has 6 heteroatoms. The summed E-state index contributed by atoms with van der Waals surface area (Å²) in [5, 5.41) is 1.68. The normalized spacial score (nSPS) is 13.1. The van der Waals surface area contributed by atoms with Crippen molar-refractivity contribution in [2.75, 3.05) is 7.11 Å². The lowest BCUT2D eigenvalue weighted by molar-refractivity contribution is 0.415. The maximum atomic E-state index is 12.9. The average molecular weight is 484 g/mol. The maximum absolute atomic E-state index is 12.9. The van der Waals surface area contributed by atoms with Gasteiger partial charge in [-0.25, -0.2) is 4.98 Å². The summed E-state index contributed by atoms with van der Waals surface area (Å²) in [7, 11) is 5.45. The van der Waals surface area contributed by atoms with Crippen LogP contribution in [0.1, 0.15) is 23.7 Å². The highest BCUT2D eigenvalue weighted by Gasteiger charge is 2.34. The number of fused-ring (bicyclic) bond motifs is 1. The second-order valence-electron chi connectivity index (χ2n) is 8.94. The Morgan fingerprint density at radius 1 is 0.943 bits per heavy atom. The Balaban J connectivity index is 1.83. The van der Waals surface area contributed by atoms with Gasteiger partial charge in [-0.3, -0.25) is 4.79 Å². The molecule has 0 aliphatic heterocycles. The lowest BCUT2D eigenvalue weighted by atomic mass is 9.73. The van der Waals surface area contributed by atoms with E-state index in [0.717, 1.165) is 44.6 Å². The first kappa shape index (κ1) is 22.9. The molecule has 0 saturated carbocycles. The van der Waals surface area contributed by atoms with Crippen molar-refractivity contribution in [3.63, 3.8) is 0 Å². The zero-order chi connectivity index (χ0) is 24.7. The number of halogens is 1. The van der Waals surface area contributed by atoms with Crippen molar-refractivity contribution in [3.8, 4) is 16.9 Å². The summed E-state index contributed by atoms with van der Waals surface area (Å²) < 4.78 is 9.18. The number of benzene rings is 3. The number of rotatable bonds is 5. The number of nitrogens with zero attached hydrogens (tertiary/aromatic N) is 3. The Kier molecular flexibility index (Phi) is 5.73. The van der Waals surface area contributed by atoms with Crippen LogP contribution in [0.25, 0.3) is 22.0 Å². The smallest absolute Gasteiger partial charge is 0.251 e. The molecular weight excluding hydrogens is 458 g/mol. The van der Waals surface area contributed by atoms with Gasteiger partial charge in [-0.15, -0.1) is 0 Å². The molecule has 1 atom stereocenters. The third-order valence-corrected chi connectivity index (χ3v) is 7.21. The zero-order valence-corrected chi connectivity index (χ0v) is 20.9. The molecule has 0 radical (unpaired) electrons. The predicted octanol–water partition coefficient (Wildman–Crippen LogP) is 5.96. The highest BCUT2D eigenvalue weighted by molar-refractivity contribution is 6.30. The van der Waals surface area contributed by atoms with Crippen LogP contribution in [0.15, 0.2) is 90.1 Å². The average Bonchev–Trinajstić information content (AvgIpc) is 3.32. The molecule has 35 heavy (non-hydrogen) atoms. The quantitative estimate of drug-likeness (QED) is 0.310. The van der Waals surface area contributed by atoms with E-state index in [-0.39, 0.29) is 5.56 Å². The van der Waals surface area contributed by atoms with E-state index in [1.54, 1.807) is 24.8 Å². The molecule has 0 fully saturated rings. The van der Waals surface area contributed by atoms with Crippen LogP contribution in [0.5, 0.6) is 5.75 Å². The van der Waals surface area contributed by atoms with Gasteiger partial charge in [-0.1, -0.05) is 41.9 Å². The summed E-state index contributed by atoms with van der Waals surface area (Å²) >= 11 is 6.23. The van der Waals surface area contributed by atoms with Crippen LogP contribution >= 0.6 is 11.6 Å². The standard InChI is InChI=1S/C29H26ClN3O2/c1-29(27-17-31-18-32(27)2,20-8-11-22(30)12-9-20)21-10-13-26-25(15-21)24(16-28(34)33(26)3)19-6-5-7-23(14-19)35-4/h5-18H,1-4H3/t29-/m0/s1. The van der Waals surface area contributed by atoms with Gasteiger partial charge in [-0.2, -0.15) is 0 Å². The van der Waals surface area contributed by atoms with Gasteiger partial charge < -0.3 is 13.9 Å². The van der Waals surface area contributed by atoms with Crippen LogP contribution in [0.3, 0.4) is 0 Å². The number of imidazole rings is 1. The van der Waals surface area contributed by atoms with Gasteiger partial charge in [0.25, 0.3) is 5.56 Å². The third-order valence-electron chi connectivity index (χ3n) is 6.96. The maximum Gasteiger partial charge on any atom is 0.251 e. The molecule has 0 amide bonds.